The van der Waals surface area contributed by atoms with Gasteiger partial charge in [-0.25, -0.2) is 0 Å². The smallest absolute Gasteiger partial charge is 0.282 e. The van der Waals surface area contributed by atoms with Crippen LogP contribution in [0.15, 0.2) is 58.3 Å². The third kappa shape index (κ3) is 8.42. The summed E-state index contributed by atoms with van der Waals surface area (Å²) >= 11 is 11.0. The summed E-state index contributed by atoms with van der Waals surface area (Å²) in [6, 6.07) is 10.5. The molecule has 0 saturated heterocycles. The van der Waals surface area contributed by atoms with Gasteiger partial charge in [-0.3, -0.25) is 9.11 Å². The second-order valence-electron chi connectivity index (χ2n) is 3.86. The summed E-state index contributed by atoms with van der Waals surface area (Å²) < 4.78 is 58.8. The van der Waals surface area contributed by atoms with Crippen molar-refractivity contribution < 1.29 is 53.2 Å². The van der Waals surface area contributed by atoms with E-state index in [1.165, 1.54) is 48.5 Å². The van der Waals surface area contributed by atoms with Crippen LogP contribution in [-0.2, 0) is 47.5 Å². The van der Waals surface area contributed by atoms with Gasteiger partial charge in [0, 0.05) is 37.3 Å². The summed E-state index contributed by atoms with van der Waals surface area (Å²) in [6.45, 7) is 0. The molecule has 0 fully saturated rings. The van der Waals surface area contributed by atoms with Crippen LogP contribution in [-0.4, -0.2) is 25.9 Å². The molecule has 0 aromatic heterocycles. The van der Waals surface area contributed by atoms with Gasteiger partial charge in [0.25, 0.3) is 20.2 Å². The minimum absolute atomic E-state index is 0. The van der Waals surface area contributed by atoms with Gasteiger partial charge < -0.3 is 0 Å². The number of hydrogen-bond donors (Lipinski definition) is 2. The third-order valence-electron chi connectivity index (χ3n) is 2.22. The van der Waals surface area contributed by atoms with E-state index in [-0.39, 0.29) is 37.1 Å². The molecule has 23 heavy (non-hydrogen) atoms. The van der Waals surface area contributed by atoms with E-state index < -0.39 is 20.2 Å². The molecule has 0 heterocycles. The predicted molar refractivity (Wildman–Crippen MR) is 82.5 cm³/mol. The van der Waals surface area contributed by atoms with E-state index in [0.29, 0.717) is 10.0 Å². The molecule has 2 N–H and O–H groups in total. The van der Waals surface area contributed by atoms with E-state index in [1.807, 2.05) is 0 Å². The first kappa shape index (κ1) is 22.8. The summed E-state index contributed by atoms with van der Waals surface area (Å²) in [5.41, 5.74) is 0. The Morgan fingerprint density at radius 3 is 1.00 bits per heavy atom. The first-order chi connectivity index (χ1) is 10.00. The summed E-state index contributed by atoms with van der Waals surface area (Å²) in [5, 5.41) is 0.856. The fourth-order valence-corrected chi connectivity index (χ4v) is 2.43. The van der Waals surface area contributed by atoms with E-state index in [9.17, 15) is 16.8 Å². The summed E-state index contributed by atoms with van der Waals surface area (Å²) in [4.78, 5) is -0.302. The van der Waals surface area contributed by atoms with E-state index in [1.54, 1.807) is 0 Å². The molecule has 0 saturated carbocycles. The molecular weight excluding hydrogens is 488 g/mol. The Bertz CT molecular complexity index is 761. The SMILES string of the molecule is O=S(=O)(O)c1ccc(Cl)cc1.O=S(=O)(O)c1ccc(Cl)cc1.[Cd]. The van der Waals surface area contributed by atoms with Crippen LogP contribution in [0.2, 0.25) is 10.0 Å². The maximum atomic E-state index is 10.5. The van der Waals surface area contributed by atoms with Crippen LogP contribution in [0.4, 0.5) is 0 Å². The molecule has 0 radical (unpaired) electrons. The van der Waals surface area contributed by atoms with Crippen LogP contribution in [0.5, 0.6) is 0 Å². The average Bonchev–Trinajstić information content (AvgIpc) is 2.38. The van der Waals surface area contributed by atoms with Crippen molar-refractivity contribution in [3.8, 4) is 0 Å². The quantitative estimate of drug-likeness (QED) is 0.487. The number of rotatable bonds is 2. The molecule has 0 unspecified atom stereocenters. The van der Waals surface area contributed by atoms with E-state index >= 15 is 0 Å². The van der Waals surface area contributed by atoms with E-state index in [2.05, 4.69) is 0 Å². The van der Waals surface area contributed by atoms with Crippen molar-refractivity contribution >= 4 is 43.4 Å². The molecule has 2 aromatic carbocycles. The topological polar surface area (TPSA) is 109 Å². The van der Waals surface area contributed by atoms with Crippen LogP contribution < -0.4 is 0 Å². The molecule has 2 rings (SSSR count). The Morgan fingerprint density at radius 2 is 0.826 bits per heavy atom. The molecule has 0 spiro atoms. The van der Waals surface area contributed by atoms with E-state index in [4.69, 9.17) is 32.3 Å². The molecule has 0 amide bonds. The predicted octanol–water partition coefficient (Wildman–Crippen LogP) is 3.17. The fraction of sp³-hybridized carbons (Fsp3) is 0. The van der Waals surface area contributed by atoms with Crippen LogP contribution in [0.25, 0.3) is 0 Å². The zero-order chi connectivity index (χ0) is 17.0. The van der Waals surface area contributed by atoms with Gasteiger partial charge in [0.1, 0.15) is 0 Å². The van der Waals surface area contributed by atoms with Gasteiger partial charge in [0.05, 0.1) is 9.79 Å². The summed E-state index contributed by atoms with van der Waals surface area (Å²) in [5.74, 6) is 0. The standard InChI is InChI=1S/2C6H5ClO3S.Cd/c2*7-5-1-3-6(4-2-5)11(8,9)10;/h2*1-4H,(H,8,9,10);. The second-order valence-corrected chi connectivity index (χ2v) is 7.57. The van der Waals surface area contributed by atoms with Gasteiger partial charge in [-0.15, -0.1) is 0 Å². The first-order valence-corrected chi connectivity index (χ1v) is 9.10. The van der Waals surface area contributed by atoms with Gasteiger partial charge in [0.2, 0.25) is 0 Å². The van der Waals surface area contributed by atoms with Crippen molar-refractivity contribution in [2.75, 3.05) is 0 Å². The summed E-state index contributed by atoms with van der Waals surface area (Å²) in [7, 11) is -8.16. The van der Waals surface area contributed by atoms with Gasteiger partial charge in [-0.05, 0) is 48.5 Å². The van der Waals surface area contributed by atoms with Crippen LogP contribution in [0.3, 0.4) is 0 Å². The van der Waals surface area contributed by atoms with Crippen LogP contribution >= 0.6 is 23.2 Å². The van der Waals surface area contributed by atoms with Crippen molar-refractivity contribution in [1.82, 2.24) is 0 Å². The van der Waals surface area contributed by atoms with Crippen molar-refractivity contribution in [2.24, 2.45) is 0 Å². The van der Waals surface area contributed by atoms with Gasteiger partial charge in [0.15, 0.2) is 0 Å². The molecule has 6 nitrogen and oxygen atoms in total. The molecule has 0 bridgehead atoms. The molecule has 0 atom stereocenters. The normalized spacial score (nSPS) is 11.0. The largest absolute Gasteiger partial charge is 0.294 e. The Balaban J connectivity index is 0.000000403. The monoisotopic (exact) mass is 498 g/mol. The van der Waals surface area contributed by atoms with Crippen LogP contribution in [0, 0.1) is 0 Å². The summed E-state index contributed by atoms with van der Waals surface area (Å²) in [6.07, 6.45) is 0. The minimum atomic E-state index is -4.08. The zero-order valence-corrected chi connectivity index (χ0v) is 18.6. The zero-order valence-electron chi connectivity index (χ0n) is 11.4. The Morgan fingerprint density at radius 1 is 0.609 bits per heavy atom. The Labute approximate surface area is 164 Å². The van der Waals surface area contributed by atoms with Crippen molar-refractivity contribution in [2.45, 2.75) is 9.79 Å². The molecule has 122 valence electrons. The molecule has 2 aromatic rings. The average molecular weight is 498 g/mol. The Kier molecular flexibility index (Phi) is 9.20. The molecule has 11 heteroatoms. The first-order valence-electron chi connectivity index (χ1n) is 5.46. The maximum Gasteiger partial charge on any atom is 0.294 e. The van der Waals surface area contributed by atoms with E-state index in [0.717, 1.165) is 0 Å². The minimum Gasteiger partial charge on any atom is -0.282 e. The molecular formula is C12H10CdCl2O6S2. The maximum absolute atomic E-state index is 10.5. The molecule has 0 aliphatic heterocycles. The van der Waals surface area contributed by atoms with Crippen molar-refractivity contribution in [3.63, 3.8) is 0 Å². The molecule has 0 aliphatic carbocycles. The fourth-order valence-electron chi connectivity index (χ4n) is 1.21. The van der Waals surface area contributed by atoms with Crippen LogP contribution in [0.1, 0.15) is 0 Å². The second kappa shape index (κ2) is 9.30. The van der Waals surface area contributed by atoms with Gasteiger partial charge in [-0.1, -0.05) is 23.2 Å². The third-order valence-corrected chi connectivity index (χ3v) is 4.46. The molecule has 0 aliphatic rings. The van der Waals surface area contributed by atoms with Gasteiger partial charge in [-0.2, -0.15) is 16.8 Å². The van der Waals surface area contributed by atoms with Gasteiger partial charge >= 0.3 is 0 Å². The Hall–Kier alpha value is -0.238. The van der Waals surface area contributed by atoms with Crippen molar-refractivity contribution in [3.05, 3.63) is 58.6 Å². The van der Waals surface area contributed by atoms with Crippen molar-refractivity contribution in [1.29, 1.82) is 0 Å². The number of halogens is 2. The number of hydrogen-bond acceptors (Lipinski definition) is 4. The number of benzene rings is 2.